The van der Waals surface area contributed by atoms with Gasteiger partial charge in [0.1, 0.15) is 0 Å². The highest BCUT2D eigenvalue weighted by atomic mass is 35.5. The average Bonchev–Trinajstić information content (AvgIpc) is 2.87. The second-order valence-corrected chi connectivity index (χ2v) is 7.01. The molecule has 0 aromatic heterocycles. The molecule has 1 aliphatic heterocycles. The molecule has 24 heavy (non-hydrogen) atoms. The van der Waals surface area contributed by atoms with Gasteiger partial charge in [-0.1, -0.05) is 35.9 Å². The smallest absolute Gasteiger partial charge is 0.310 e. The summed E-state index contributed by atoms with van der Waals surface area (Å²) in [7, 11) is 0. The third kappa shape index (κ3) is 2.52. The maximum absolute atomic E-state index is 13.5. The molecule has 4 rings (SSSR count). The number of halogens is 4. The Hall–Kier alpha value is -1.52. The van der Waals surface area contributed by atoms with Crippen molar-refractivity contribution in [1.29, 1.82) is 0 Å². The van der Waals surface area contributed by atoms with Gasteiger partial charge in [-0.25, -0.2) is 0 Å². The van der Waals surface area contributed by atoms with Crippen LogP contribution in [0.1, 0.15) is 47.1 Å². The summed E-state index contributed by atoms with van der Waals surface area (Å²) in [5.41, 5.74) is 1.85. The van der Waals surface area contributed by atoms with Crippen LogP contribution in [0.2, 0.25) is 5.02 Å². The van der Waals surface area contributed by atoms with Gasteiger partial charge < -0.3 is 5.32 Å². The van der Waals surface area contributed by atoms with E-state index in [1.54, 1.807) is 12.1 Å². The normalized spacial score (nSPS) is 26.1. The largest absolute Gasteiger partial charge is 0.416 e. The van der Waals surface area contributed by atoms with Crippen molar-refractivity contribution in [2.45, 2.75) is 31.0 Å². The molecule has 2 aromatic carbocycles. The Morgan fingerprint density at radius 1 is 1.00 bits per heavy atom. The van der Waals surface area contributed by atoms with Crippen molar-refractivity contribution < 1.29 is 13.2 Å². The van der Waals surface area contributed by atoms with Gasteiger partial charge in [0.25, 0.3) is 0 Å². The molecular weight excluding hydrogens is 335 g/mol. The lowest BCUT2D eigenvalue weighted by Gasteiger charge is -2.32. The highest BCUT2D eigenvalue weighted by molar-refractivity contribution is 6.30. The third-order valence-electron chi connectivity index (χ3n) is 5.25. The van der Waals surface area contributed by atoms with E-state index in [2.05, 4.69) is 5.32 Å². The van der Waals surface area contributed by atoms with Crippen LogP contribution in [-0.4, -0.2) is 6.54 Å². The topological polar surface area (TPSA) is 12.0 Å². The van der Waals surface area contributed by atoms with Crippen molar-refractivity contribution >= 4 is 11.6 Å². The highest BCUT2D eigenvalue weighted by Gasteiger charge is 2.45. The highest BCUT2D eigenvalue weighted by Crippen LogP contribution is 2.54. The summed E-state index contributed by atoms with van der Waals surface area (Å²) in [5.74, 6) is -0.134. The quantitative estimate of drug-likeness (QED) is 0.710. The van der Waals surface area contributed by atoms with Crippen LogP contribution in [0, 0.1) is 5.92 Å². The zero-order valence-electron chi connectivity index (χ0n) is 12.9. The van der Waals surface area contributed by atoms with Crippen LogP contribution in [0.15, 0.2) is 42.5 Å². The van der Waals surface area contributed by atoms with Gasteiger partial charge in [0, 0.05) is 17.0 Å². The first kappa shape index (κ1) is 16.0. The molecule has 0 amide bonds. The maximum atomic E-state index is 13.5. The van der Waals surface area contributed by atoms with Crippen molar-refractivity contribution in [3.05, 3.63) is 69.7 Å². The Bertz CT molecular complexity index is 771. The summed E-state index contributed by atoms with van der Waals surface area (Å²) >= 11 is 6.16. The molecule has 1 N–H and O–H groups in total. The fraction of sp³-hybridized carbons (Fsp3) is 0.368. The van der Waals surface area contributed by atoms with Crippen molar-refractivity contribution in [2.75, 3.05) is 6.54 Å². The first-order valence-corrected chi connectivity index (χ1v) is 8.53. The van der Waals surface area contributed by atoms with E-state index in [1.807, 2.05) is 18.2 Å². The molecule has 0 spiro atoms. The van der Waals surface area contributed by atoms with Gasteiger partial charge in [-0.15, -0.1) is 0 Å². The van der Waals surface area contributed by atoms with E-state index in [0.717, 1.165) is 30.5 Å². The number of benzene rings is 2. The summed E-state index contributed by atoms with van der Waals surface area (Å²) in [5, 5.41) is 4.06. The molecule has 0 radical (unpaired) electrons. The van der Waals surface area contributed by atoms with Crippen molar-refractivity contribution in [1.82, 2.24) is 5.32 Å². The van der Waals surface area contributed by atoms with Gasteiger partial charge >= 0.3 is 6.18 Å². The molecular formula is C19H17ClF3N. The van der Waals surface area contributed by atoms with Gasteiger partial charge in [-0.3, -0.25) is 0 Å². The van der Waals surface area contributed by atoms with Crippen LogP contribution in [0.4, 0.5) is 13.2 Å². The summed E-state index contributed by atoms with van der Waals surface area (Å²) in [6.45, 7) is 0.900. The van der Waals surface area contributed by atoms with Gasteiger partial charge in [-0.2, -0.15) is 13.2 Å². The number of fused-ring (bicyclic) bond motifs is 3. The molecule has 1 saturated heterocycles. The minimum atomic E-state index is -4.35. The summed E-state index contributed by atoms with van der Waals surface area (Å²) < 4.78 is 40.6. The predicted molar refractivity (Wildman–Crippen MR) is 88.2 cm³/mol. The van der Waals surface area contributed by atoms with Crippen LogP contribution in [-0.2, 0) is 6.18 Å². The zero-order chi connectivity index (χ0) is 16.9. The molecule has 1 nitrogen and oxygen atoms in total. The Kier molecular flexibility index (Phi) is 3.85. The van der Waals surface area contributed by atoms with Crippen LogP contribution >= 0.6 is 11.6 Å². The molecule has 2 aliphatic rings. The van der Waals surface area contributed by atoms with Gasteiger partial charge in [0.15, 0.2) is 0 Å². The number of hydrogen-bond acceptors (Lipinski definition) is 1. The molecule has 3 unspecified atom stereocenters. The Morgan fingerprint density at radius 2 is 1.79 bits per heavy atom. The van der Waals surface area contributed by atoms with Crippen LogP contribution < -0.4 is 5.32 Å². The molecule has 0 bridgehead atoms. The van der Waals surface area contributed by atoms with E-state index in [1.165, 1.54) is 12.1 Å². The Labute approximate surface area is 143 Å². The first-order chi connectivity index (χ1) is 11.5. The summed E-state index contributed by atoms with van der Waals surface area (Å²) in [6.07, 6.45) is -2.45. The number of nitrogens with one attached hydrogen (secondary N) is 1. The number of alkyl halides is 3. The van der Waals surface area contributed by atoms with E-state index < -0.39 is 11.7 Å². The van der Waals surface area contributed by atoms with E-state index in [4.69, 9.17) is 11.6 Å². The standard InChI is InChI=1S/C19H17ClF3N/c20-11-7-8-12-15(10-11)17(14-5-3-9-24-18(12)14)13-4-1-2-6-16(13)19(21,22)23/h1-2,4,6-8,10,14,17-18,24H,3,5,9H2. The monoisotopic (exact) mass is 351 g/mol. The zero-order valence-corrected chi connectivity index (χ0v) is 13.7. The molecule has 1 aliphatic carbocycles. The second-order valence-electron chi connectivity index (χ2n) is 6.57. The third-order valence-corrected chi connectivity index (χ3v) is 5.49. The number of hydrogen-bond donors (Lipinski definition) is 1. The van der Waals surface area contributed by atoms with E-state index in [0.29, 0.717) is 10.6 Å². The van der Waals surface area contributed by atoms with Crippen molar-refractivity contribution in [3.8, 4) is 0 Å². The minimum Gasteiger partial charge on any atom is -0.310 e. The van der Waals surface area contributed by atoms with E-state index in [-0.39, 0.29) is 17.9 Å². The fourth-order valence-electron chi connectivity index (χ4n) is 4.37. The lowest BCUT2D eigenvalue weighted by molar-refractivity contribution is -0.138. The Balaban J connectivity index is 1.91. The fourth-order valence-corrected chi connectivity index (χ4v) is 4.55. The molecule has 1 heterocycles. The molecule has 5 heteroatoms. The SMILES string of the molecule is FC(F)(F)c1ccccc1C1c2cc(Cl)ccc2C2NCCCC21. The van der Waals surface area contributed by atoms with Gasteiger partial charge in [0.2, 0.25) is 0 Å². The molecule has 126 valence electrons. The van der Waals surface area contributed by atoms with Crippen molar-refractivity contribution in [2.24, 2.45) is 5.92 Å². The lowest BCUT2D eigenvalue weighted by atomic mass is 9.79. The van der Waals surface area contributed by atoms with Crippen molar-refractivity contribution in [3.63, 3.8) is 0 Å². The first-order valence-electron chi connectivity index (χ1n) is 8.15. The average molecular weight is 352 g/mol. The predicted octanol–water partition coefficient (Wildman–Crippen LogP) is 5.55. The maximum Gasteiger partial charge on any atom is 0.416 e. The minimum absolute atomic E-state index is 0.109. The van der Waals surface area contributed by atoms with E-state index in [9.17, 15) is 13.2 Å². The second kappa shape index (κ2) is 5.78. The summed E-state index contributed by atoms with van der Waals surface area (Å²) in [6, 6.07) is 11.7. The van der Waals surface area contributed by atoms with Gasteiger partial charge in [-0.05, 0) is 60.2 Å². The number of piperidine rings is 1. The summed E-state index contributed by atoms with van der Waals surface area (Å²) in [4.78, 5) is 0. The molecule has 0 saturated carbocycles. The van der Waals surface area contributed by atoms with Crippen LogP contribution in [0.25, 0.3) is 0 Å². The molecule has 1 fully saturated rings. The van der Waals surface area contributed by atoms with E-state index >= 15 is 0 Å². The lowest BCUT2D eigenvalue weighted by Crippen LogP contribution is -2.33. The van der Waals surface area contributed by atoms with Crippen LogP contribution in [0.5, 0.6) is 0 Å². The molecule has 2 aromatic rings. The number of rotatable bonds is 1. The van der Waals surface area contributed by atoms with Crippen LogP contribution in [0.3, 0.4) is 0 Å². The Morgan fingerprint density at radius 3 is 2.58 bits per heavy atom. The molecule has 3 atom stereocenters. The van der Waals surface area contributed by atoms with Gasteiger partial charge in [0.05, 0.1) is 5.56 Å².